The van der Waals surface area contributed by atoms with Crippen molar-refractivity contribution in [3.63, 3.8) is 0 Å². The molecule has 0 saturated heterocycles. The van der Waals surface area contributed by atoms with Gasteiger partial charge in [-0.15, -0.1) is 0 Å². The first-order chi connectivity index (χ1) is 15.4. The second-order valence-corrected chi connectivity index (χ2v) is 8.88. The third kappa shape index (κ3) is 3.70. The molecule has 1 N–H and O–H groups in total. The number of carbonyl (C=O) groups is 2. The Hall–Kier alpha value is -2.74. The Kier molecular flexibility index (Phi) is 6.33. The number of nitrogens with one attached hydrogen (secondary N) is 1. The van der Waals surface area contributed by atoms with Crippen LogP contribution >= 0.6 is 0 Å². The van der Waals surface area contributed by atoms with E-state index in [2.05, 4.69) is 5.32 Å². The van der Waals surface area contributed by atoms with Crippen molar-refractivity contribution in [3.05, 3.63) is 23.9 Å². The van der Waals surface area contributed by atoms with Crippen LogP contribution < -0.4 is 14.8 Å². The van der Waals surface area contributed by atoms with E-state index in [9.17, 15) is 9.59 Å². The van der Waals surface area contributed by atoms with Gasteiger partial charge in [-0.1, -0.05) is 12.8 Å². The molecule has 0 unspecified atom stereocenters. The van der Waals surface area contributed by atoms with Crippen LogP contribution in [0.1, 0.15) is 49.5 Å². The molecule has 8 heteroatoms. The minimum Gasteiger partial charge on any atom is -0.496 e. The van der Waals surface area contributed by atoms with Crippen LogP contribution in [0.4, 0.5) is 0 Å². The summed E-state index contributed by atoms with van der Waals surface area (Å²) in [5.74, 6) is 1.03. The molecule has 0 radical (unpaired) electrons. The van der Waals surface area contributed by atoms with E-state index in [1.165, 1.54) is 0 Å². The lowest BCUT2D eigenvalue weighted by Crippen LogP contribution is -2.65. The SMILES string of the molecule is COCCCN1C(=O)c2cc3c(OC)ccc(OC)c3n2C[C@]1(C)C(=O)NC1CCCC1. The fraction of sp³-hybridized carbons (Fsp3) is 0.583. The monoisotopic (exact) mass is 443 g/mol. The predicted octanol–water partition coefficient (Wildman–Crippen LogP) is 2.97. The molecule has 8 nitrogen and oxygen atoms in total. The maximum atomic E-state index is 13.7. The van der Waals surface area contributed by atoms with Gasteiger partial charge in [0, 0.05) is 31.7 Å². The van der Waals surface area contributed by atoms with E-state index < -0.39 is 5.54 Å². The van der Waals surface area contributed by atoms with Crippen molar-refractivity contribution in [2.75, 3.05) is 34.5 Å². The molecule has 2 aromatic rings. The Bertz CT molecular complexity index is 1010. The first kappa shape index (κ1) is 22.5. The van der Waals surface area contributed by atoms with E-state index >= 15 is 0 Å². The number of nitrogens with zero attached hydrogens (tertiary/aromatic N) is 2. The number of benzene rings is 1. The maximum Gasteiger partial charge on any atom is 0.271 e. The van der Waals surface area contributed by atoms with Crippen molar-refractivity contribution in [2.24, 2.45) is 0 Å². The van der Waals surface area contributed by atoms with E-state index in [1.807, 2.05) is 29.7 Å². The number of hydrogen-bond acceptors (Lipinski definition) is 5. The average molecular weight is 444 g/mol. The van der Waals surface area contributed by atoms with Gasteiger partial charge in [-0.3, -0.25) is 9.59 Å². The molecular formula is C24H33N3O5. The molecule has 1 aliphatic carbocycles. The quantitative estimate of drug-likeness (QED) is 0.635. The summed E-state index contributed by atoms with van der Waals surface area (Å²) in [5.41, 5.74) is 0.276. The molecule has 1 aromatic heterocycles. The third-order valence-electron chi connectivity index (χ3n) is 6.86. The van der Waals surface area contributed by atoms with Gasteiger partial charge in [0.2, 0.25) is 5.91 Å². The Labute approximate surface area is 188 Å². The van der Waals surface area contributed by atoms with E-state index in [4.69, 9.17) is 14.2 Å². The fourth-order valence-corrected chi connectivity index (χ4v) is 5.08. The normalized spacial score (nSPS) is 21.1. The van der Waals surface area contributed by atoms with Gasteiger partial charge in [0.05, 0.1) is 26.3 Å². The lowest BCUT2D eigenvalue weighted by atomic mass is 9.93. The van der Waals surface area contributed by atoms with Crippen LogP contribution in [0.25, 0.3) is 10.9 Å². The second kappa shape index (κ2) is 9.02. The molecule has 1 aromatic carbocycles. The Morgan fingerprint density at radius 3 is 2.50 bits per heavy atom. The number of fused-ring (bicyclic) bond motifs is 3. The highest BCUT2D eigenvalue weighted by Crippen LogP contribution is 2.40. The summed E-state index contributed by atoms with van der Waals surface area (Å²) in [7, 11) is 4.85. The number of methoxy groups -OCH3 is 3. The largest absolute Gasteiger partial charge is 0.496 e. The zero-order valence-corrected chi connectivity index (χ0v) is 19.4. The topological polar surface area (TPSA) is 82.0 Å². The number of carbonyl (C=O) groups excluding carboxylic acids is 2. The van der Waals surface area contributed by atoms with Crippen LogP contribution in [-0.4, -0.2) is 67.3 Å². The van der Waals surface area contributed by atoms with Crippen molar-refractivity contribution in [1.29, 1.82) is 0 Å². The van der Waals surface area contributed by atoms with Crippen molar-refractivity contribution < 1.29 is 23.8 Å². The smallest absolute Gasteiger partial charge is 0.271 e. The molecule has 2 heterocycles. The summed E-state index contributed by atoms with van der Waals surface area (Å²) in [4.78, 5) is 29.1. The highest BCUT2D eigenvalue weighted by Gasteiger charge is 2.48. The standard InChI is InChI=1S/C24H33N3O5/c1-24(23(29)25-16-8-5-6-9-16)15-26-18(22(28)27(24)12-7-13-30-2)14-17-19(31-3)10-11-20(32-4)21(17)26/h10-11,14,16H,5-9,12-13,15H2,1-4H3,(H,25,29)/t24-/m1/s1. The van der Waals surface area contributed by atoms with Gasteiger partial charge in [0.25, 0.3) is 5.91 Å². The second-order valence-electron chi connectivity index (χ2n) is 8.88. The summed E-state index contributed by atoms with van der Waals surface area (Å²) in [6.45, 7) is 3.17. The van der Waals surface area contributed by atoms with Crippen LogP contribution in [0.2, 0.25) is 0 Å². The summed E-state index contributed by atoms with van der Waals surface area (Å²) >= 11 is 0. The van der Waals surface area contributed by atoms with Gasteiger partial charge in [0.1, 0.15) is 22.7 Å². The van der Waals surface area contributed by atoms with Crippen LogP contribution in [0, 0.1) is 0 Å². The minimum absolute atomic E-state index is 0.107. The number of hydrogen-bond donors (Lipinski definition) is 1. The van der Waals surface area contributed by atoms with E-state index in [-0.39, 0.29) is 17.9 Å². The van der Waals surface area contributed by atoms with Crippen molar-refractivity contribution in [2.45, 2.75) is 57.2 Å². The molecule has 0 bridgehead atoms. The number of amides is 2. The molecule has 2 amide bonds. The maximum absolute atomic E-state index is 13.7. The van der Waals surface area contributed by atoms with Gasteiger partial charge < -0.3 is 29.0 Å². The molecule has 4 rings (SSSR count). The highest BCUT2D eigenvalue weighted by atomic mass is 16.5. The van der Waals surface area contributed by atoms with Crippen LogP contribution in [0.3, 0.4) is 0 Å². The summed E-state index contributed by atoms with van der Waals surface area (Å²) in [5, 5.41) is 4.02. The first-order valence-electron chi connectivity index (χ1n) is 11.3. The molecule has 32 heavy (non-hydrogen) atoms. The van der Waals surface area contributed by atoms with Crippen LogP contribution in [-0.2, 0) is 16.1 Å². The number of rotatable bonds is 8. The molecule has 1 atom stereocenters. The molecule has 2 aliphatic rings. The Balaban J connectivity index is 1.80. The first-order valence-corrected chi connectivity index (χ1v) is 11.3. The van der Waals surface area contributed by atoms with Gasteiger partial charge >= 0.3 is 0 Å². The zero-order chi connectivity index (χ0) is 22.9. The highest BCUT2D eigenvalue weighted by molar-refractivity contribution is 6.05. The van der Waals surface area contributed by atoms with Crippen LogP contribution in [0.15, 0.2) is 18.2 Å². The van der Waals surface area contributed by atoms with E-state index in [0.29, 0.717) is 43.3 Å². The Morgan fingerprint density at radius 2 is 1.84 bits per heavy atom. The molecular weight excluding hydrogens is 410 g/mol. The van der Waals surface area contributed by atoms with Gasteiger partial charge in [-0.2, -0.15) is 0 Å². The van der Waals surface area contributed by atoms with E-state index in [0.717, 1.165) is 36.6 Å². The van der Waals surface area contributed by atoms with E-state index in [1.54, 1.807) is 26.2 Å². The third-order valence-corrected chi connectivity index (χ3v) is 6.86. The molecule has 0 spiro atoms. The lowest BCUT2D eigenvalue weighted by Gasteiger charge is -2.44. The summed E-state index contributed by atoms with van der Waals surface area (Å²) in [6, 6.07) is 5.68. The lowest BCUT2D eigenvalue weighted by molar-refractivity contribution is -0.133. The molecule has 1 fully saturated rings. The molecule has 1 aliphatic heterocycles. The van der Waals surface area contributed by atoms with Gasteiger partial charge in [0.15, 0.2) is 0 Å². The minimum atomic E-state index is -1.03. The predicted molar refractivity (Wildman–Crippen MR) is 121 cm³/mol. The fourth-order valence-electron chi connectivity index (χ4n) is 5.08. The Morgan fingerprint density at radius 1 is 1.16 bits per heavy atom. The summed E-state index contributed by atoms with van der Waals surface area (Å²) < 4.78 is 18.3. The van der Waals surface area contributed by atoms with Crippen molar-refractivity contribution in [1.82, 2.24) is 14.8 Å². The van der Waals surface area contributed by atoms with Crippen LogP contribution in [0.5, 0.6) is 11.5 Å². The molecule has 1 saturated carbocycles. The average Bonchev–Trinajstić information content (AvgIpc) is 3.43. The van der Waals surface area contributed by atoms with Gasteiger partial charge in [-0.05, 0) is 44.4 Å². The number of ether oxygens (including phenoxy) is 3. The molecule has 174 valence electrons. The number of aromatic nitrogens is 1. The van der Waals surface area contributed by atoms with Crippen molar-refractivity contribution in [3.8, 4) is 11.5 Å². The zero-order valence-electron chi connectivity index (χ0n) is 19.4. The summed E-state index contributed by atoms with van der Waals surface area (Å²) in [6.07, 6.45) is 4.88. The van der Waals surface area contributed by atoms with Crippen molar-refractivity contribution >= 4 is 22.7 Å². The van der Waals surface area contributed by atoms with Gasteiger partial charge in [-0.25, -0.2) is 0 Å².